The van der Waals surface area contributed by atoms with Gasteiger partial charge in [0.2, 0.25) is 0 Å². The lowest BCUT2D eigenvalue weighted by atomic mass is 10.3. The van der Waals surface area contributed by atoms with Crippen molar-refractivity contribution < 1.29 is 0 Å². The van der Waals surface area contributed by atoms with Crippen LogP contribution in [0.15, 0.2) is 48.9 Å². The highest BCUT2D eigenvalue weighted by Crippen LogP contribution is 2.26. The highest BCUT2D eigenvalue weighted by Gasteiger charge is 2.11. The SMILES string of the molecule is Cn1cc(-c2nn(-c3ccccc3)cc2Cl)cn1. The molecule has 0 spiro atoms. The van der Waals surface area contributed by atoms with Gasteiger partial charge in [-0.1, -0.05) is 29.8 Å². The van der Waals surface area contributed by atoms with E-state index in [1.54, 1.807) is 21.8 Å². The third kappa shape index (κ3) is 1.91. The summed E-state index contributed by atoms with van der Waals surface area (Å²) in [4.78, 5) is 0. The molecule has 0 radical (unpaired) electrons. The van der Waals surface area contributed by atoms with Crippen molar-refractivity contribution in [3.63, 3.8) is 0 Å². The smallest absolute Gasteiger partial charge is 0.114 e. The van der Waals surface area contributed by atoms with Gasteiger partial charge in [0.1, 0.15) is 5.69 Å². The molecule has 3 rings (SSSR count). The molecule has 0 amide bonds. The van der Waals surface area contributed by atoms with Gasteiger partial charge >= 0.3 is 0 Å². The minimum Gasteiger partial charge on any atom is -0.275 e. The zero-order chi connectivity index (χ0) is 12.5. The van der Waals surface area contributed by atoms with Crippen molar-refractivity contribution in [3.8, 4) is 16.9 Å². The number of rotatable bonds is 2. The summed E-state index contributed by atoms with van der Waals surface area (Å²) in [6.45, 7) is 0. The molecule has 0 atom stereocenters. The first-order chi connectivity index (χ1) is 8.74. The lowest BCUT2D eigenvalue weighted by Gasteiger charge is -1.98. The largest absolute Gasteiger partial charge is 0.275 e. The van der Waals surface area contributed by atoms with Crippen LogP contribution >= 0.6 is 11.6 Å². The fourth-order valence-electron chi connectivity index (χ4n) is 1.80. The second-order valence-electron chi connectivity index (χ2n) is 4.01. The van der Waals surface area contributed by atoms with Crippen LogP contribution in [0.5, 0.6) is 0 Å². The Kier molecular flexibility index (Phi) is 2.64. The molecule has 4 nitrogen and oxygen atoms in total. The van der Waals surface area contributed by atoms with E-state index >= 15 is 0 Å². The molecule has 0 saturated heterocycles. The number of aromatic nitrogens is 4. The fourth-order valence-corrected chi connectivity index (χ4v) is 2.04. The fraction of sp³-hybridized carbons (Fsp3) is 0.0769. The molecule has 0 bridgehead atoms. The van der Waals surface area contributed by atoms with E-state index in [1.807, 2.05) is 43.6 Å². The highest BCUT2D eigenvalue weighted by molar-refractivity contribution is 6.33. The van der Waals surface area contributed by atoms with E-state index in [0.717, 1.165) is 16.9 Å². The van der Waals surface area contributed by atoms with Gasteiger partial charge < -0.3 is 0 Å². The third-order valence-electron chi connectivity index (χ3n) is 2.67. The van der Waals surface area contributed by atoms with E-state index in [2.05, 4.69) is 10.2 Å². The molecular formula is C13H11ClN4. The van der Waals surface area contributed by atoms with Gasteiger partial charge in [0, 0.05) is 18.8 Å². The average molecular weight is 259 g/mol. The van der Waals surface area contributed by atoms with Crippen LogP contribution in [0.1, 0.15) is 0 Å². The topological polar surface area (TPSA) is 35.6 Å². The molecule has 2 heterocycles. The summed E-state index contributed by atoms with van der Waals surface area (Å²) < 4.78 is 3.50. The minimum atomic E-state index is 0.617. The van der Waals surface area contributed by atoms with Gasteiger partial charge in [0.25, 0.3) is 0 Å². The first-order valence-electron chi connectivity index (χ1n) is 5.53. The minimum absolute atomic E-state index is 0.617. The zero-order valence-corrected chi connectivity index (χ0v) is 10.5. The van der Waals surface area contributed by atoms with Gasteiger partial charge in [0.05, 0.1) is 23.1 Å². The summed E-state index contributed by atoms with van der Waals surface area (Å²) >= 11 is 6.22. The van der Waals surface area contributed by atoms with Crippen LogP contribution < -0.4 is 0 Å². The molecule has 0 aliphatic heterocycles. The normalized spacial score (nSPS) is 10.8. The van der Waals surface area contributed by atoms with Crippen LogP contribution in [0, 0.1) is 0 Å². The molecule has 3 aromatic rings. The zero-order valence-electron chi connectivity index (χ0n) is 9.79. The molecule has 1 aromatic carbocycles. The Morgan fingerprint density at radius 1 is 1.11 bits per heavy atom. The summed E-state index contributed by atoms with van der Waals surface area (Å²) in [5.74, 6) is 0. The van der Waals surface area contributed by atoms with Crippen LogP contribution in [0.4, 0.5) is 0 Å². The van der Waals surface area contributed by atoms with Crippen molar-refractivity contribution in [3.05, 3.63) is 53.9 Å². The van der Waals surface area contributed by atoms with Crippen LogP contribution in [0.3, 0.4) is 0 Å². The molecule has 5 heteroatoms. The summed E-state index contributed by atoms with van der Waals surface area (Å²) in [6.07, 6.45) is 5.45. The highest BCUT2D eigenvalue weighted by atomic mass is 35.5. The number of halogens is 1. The molecule has 0 N–H and O–H groups in total. The molecule has 0 saturated carbocycles. The number of nitrogens with zero attached hydrogens (tertiary/aromatic N) is 4. The van der Waals surface area contributed by atoms with Crippen molar-refractivity contribution in [2.24, 2.45) is 7.05 Å². The Balaban J connectivity index is 2.06. The number of benzene rings is 1. The number of hydrogen-bond acceptors (Lipinski definition) is 2. The Morgan fingerprint density at radius 2 is 1.89 bits per heavy atom. The van der Waals surface area contributed by atoms with E-state index in [-0.39, 0.29) is 0 Å². The summed E-state index contributed by atoms with van der Waals surface area (Å²) in [5, 5.41) is 9.24. The number of aryl methyl sites for hydroxylation is 1. The van der Waals surface area contributed by atoms with E-state index < -0.39 is 0 Å². The predicted octanol–water partition coefficient (Wildman–Crippen LogP) is 2.93. The Morgan fingerprint density at radius 3 is 2.56 bits per heavy atom. The van der Waals surface area contributed by atoms with Gasteiger partial charge in [-0.2, -0.15) is 10.2 Å². The maximum absolute atomic E-state index is 6.22. The Bertz CT molecular complexity index is 669. The van der Waals surface area contributed by atoms with Crippen molar-refractivity contribution in [1.82, 2.24) is 19.6 Å². The molecule has 90 valence electrons. The molecule has 18 heavy (non-hydrogen) atoms. The standard InChI is InChI=1S/C13H11ClN4/c1-17-8-10(7-15-17)13-12(14)9-18(16-13)11-5-3-2-4-6-11/h2-9H,1H3. The van der Waals surface area contributed by atoms with E-state index in [4.69, 9.17) is 11.6 Å². The maximum Gasteiger partial charge on any atom is 0.114 e. The first-order valence-corrected chi connectivity index (χ1v) is 5.91. The second kappa shape index (κ2) is 4.31. The molecule has 0 fully saturated rings. The summed E-state index contributed by atoms with van der Waals surface area (Å²) in [6, 6.07) is 9.87. The van der Waals surface area contributed by atoms with Gasteiger partial charge in [-0.05, 0) is 12.1 Å². The lowest BCUT2D eigenvalue weighted by Crippen LogP contribution is -1.93. The number of para-hydroxylation sites is 1. The van der Waals surface area contributed by atoms with Gasteiger partial charge in [0.15, 0.2) is 0 Å². The van der Waals surface area contributed by atoms with Crippen LogP contribution in [0.25, 0.3) is 16.9 Å². The van der Waals surface area contributed by atoms with Crippen molar-refractivity contribution in [2.75, 3.05) is 0 Å². The van der Waals surface area contributed by atoms with E-state index in [9.17, 15) is 0 Å². The maximum atomic E-state index is 6.22. The van der Waals surface area contributed by atoms with Crippen LogP contribution in [-0.4, -0.2) is 19.6 Å². The summed E-state index contributed by atoms with van der Waals surface area (Å²) in [5.41, 5.74) is 2.64. The predicted molar refractivity (Wildman–Crippen MR) is 70.8 cm³/mol. The van der Waals surface area contributed by atoms with Crippen molar-refractivity contribution in [2.45, 2.75) is 0 Å². The van der Waals surface area contributed by atoms with E-state index in [0.29, 0.717) is 5.02 Å². The molecule has 0 unspecified atom stereocenters. The quantitative estimate of drug-likeness (QED) is 0.709. The Hall–Kier alpha value is -2.07. The van der Waals surface area contributed by atoms with Crippen molar-refractivity contribution in [1.29, 1.82) is 0 Å². The van der Waals surface area contributed by atoms with Crippen molar-refractivity contribution >= 4 is 11.6 Å². The van der Waals surface area contributed by atoms with Gasteiger partial charge in [-0.15, -0.1) is 0 Å². The van der Waals surface area contributed by atoms with Gasteiger partial charge in [-0.3, -0.25) is 4.68 Å². The third-order valence-corrected chi connectivity index (χ3v) is 2.95. The average Bonchev–Trinajstić information content (AvgIpc) is 2.97. The first kappa shape index (κ1) is 11.0. The summed E-state index contributed by atoms with van der Waals surface area (Å²) in [7, 11) is 1.87. The van der Waals surface area contributed by atoms with E-state index in [1.165, 1.54) is 0 Å². The van der Waals surface area contributed by atoms with Crippen LogP contribution in [0.2, 0.25) is 5.02 Å². The Labute approximate surface area is 109 Å². The molecule has 2 aromatic heterocycles. The molecule has 0 aliphatic rings. The van der Waals surface area contributed by atoms with Gasteiger partial charge in [-0.25, -0.2) is 4.68 Å². The lowest BCUT2D eigenvalue weighted by molar-refractivity contribution is 0.768. The number of hydrogen-bond donors (Lipinski definition) is 0. The monoisotopic (exact) mass is 258 g/mol. The second-order valence-corrected chi connectivity index (χ2v) is 4.42. The molecule has 0 aliphatic carbocycles. The van der Waals surface area contributed by atoms with Crippen LogP contribution in [-0.2, 0) is 7.05 Å². The molecular weight excluding hydrogens is 248 g/mol.